The second-order valence-corrected chi connectivity index (χ2v) is 6.54. The van der Waals surface area contributed by atoms with Gasteiger partial charge >= 0.3 is 0 Å². The van der Waals surface area contributed by atoms with Crippen molar-refractivity contribution in [3.05, 3.63) is 90.5 Å². The smallest absolute Gasteiger partial charge is 0.184 e. The van der Waals surface area contributed by atoms with E-state index in [0.29, 0.717) is 0 Å². The summed E-state index contributed by atoms with van der Waals surface area (Å²) in [5.41, 5.74) is 4.42. The number of nitrogens with zero attached hydrogens (tertiary/aromatic N) is 1. The fourth-order valence-electron chi connectivity index (χ4n) is 3.22. The lowest BCUT2D eigenvalue weighted by molar-refractivity contribution is -0.212. The van der Waals surface area contributed by atoms with Crippen molar-refractivity contribution in [3.63, 3.8) is 0 Å². The van der Waals surface area contributed by atoms with Gasteiger partial charge in [-0.15, -0.1) is 0 Å². The van der Waals surface area contributed by atoms with E-state index in [4.69, 9.17) is 9.47 Å². The van der Waals surface area contributed by atoms with Crippen molar-refractivity contribution in [1.82, 2.24) is 0 Å². The average Bonchev–Trinajstić information content (AvgIpc) is 2.70. The number of para-hydroxylation sites is 2. The fourth-order valence-corrected chi connectivity index (χ4v) is 3.22. The first-order valence-electron chi connectivity index (χ1n) is 9.08. The normalized spacial score (nSPS) is 19.9. The lowest BCUT2D eigenvalue weighted by atomic mass is 10.1. The molecule has 0 amide bonds. The quantitative estimate of drug-likeness (QED) is 0.580. The highest BCUT2D eigenvalue weighted by atomic mass is 16.7. The van der Waals surface area contributed by atoms with Gasteiger partial charge in [0, 0.05) is 22.6 Å². The van der Waals surface area contributed by atoms with Crippen LogP contribution in [-0.2, 0) is 9.47 Å². The Morgan fingerprint density at radius 2 is 1.27 bits per heavy atom. The Hall–Kier alpha value is -2.62. The Balaban J connectivity index is 1.66. The lowest BCUT2D eigenvalue weighted by Gasteiger charge is -2.29. The summed E-state index contributed by atoms with van der Waals surface area (Å²) in [7, 11) is 0. The van der Waals surface area contributed by atoms with Gasteiger partial charge in [-0.2, -0.15) is 0 Å². The van der Waals surface area contributed by atoms with Gasteiger partial charge in [0.05, 0.1) is 12.7 Å². The first-order chi connectivity index (χ1) is 12.8. The fraction of sp³-hybridized carbons (Fsp3) is 0.217. The minimum Gasteiger partial charge on any atom is -0.348 e. The van der Waals surface area contributed by atoms with E-state index >= 15 is 0 Å². The maximum atomic E-state index is 5.91. The number of anilines is 3. The highest BCUT2D eigenvalue weighted by Crippen LogP contribution is 2.35. The van der Waals surface area contributed by atoms with Crippen molar-refractivity contribution < 1.29 is 9.47 Å². The average molecular weight is 345 g/mol. The SMILES string of the molecule is CC1CCOC(c2ccc(N(c3ccccc3)c3ccccc3)cc2)O1. The van der Waals surface area contributed by atoms with Crippen LogP contribution in [0, 0.1) is 0 Å². The van der Waals surface area contributed by atoms with E-state index in [2.05, 4.69) is 84.6 Å². The largest absolute Gasteiger partial charge is 0.348 e. The molecule has 132 valence electrons. The number of hydrogen-bond donors (Lipinski definition) is 0. The summed E-state index contributed by atoms with van der Waals surface area (Å²) in [6.45, 7) is 2.84. The van der Waals surface area contributed by atoms with Crippen molar-refractivity contribution in [3.8, 4) is 0 Å². The molecule has 2 unspecified atom stereocenters. The molecule has 3 nitrogen and oxygen atoms in total. The number of ether oxygens (including phenoxy) is 2. The molecule has 0 spiro atoms. The summed E-state index contributed by atoms with van der Waals surface area (Å²) in [6.07, 6.45) is 0.915. The molecule has 26 heavy (non-hydrogen) atoms. The molecule has 1 aliphatic heterocycles. The molecular formula is C23H23NO2. The Morgan fingerprint density at radius 3 is 1.81 bits per heavy atom. The second kappa shape index (κ2) is 7.73. The van der Waals surface area contributed by atoms with Crippen LogP contribution < -0.4 is 4.90 Å². The van der Waals surface area contributed by atoms with Gasteiger partial charge in [-0.3, -0.25) is 0 Å². The van der Waals surface area contributed by atoms with Crippen LogP contribution in [0.4, 0.5) is 17.1 Å². The van der Waals surface area contributed by atoms with E-state index in [1.165, 1.54) is 0 Å². The van der Waals surface area contributed by atoms with Crippen LogP contribution in [0.25, 0.3) is 0 Å². The van der Waals surface area contributed by atoms with Crippen LogP contribution in [0.2, 0.25) is 0 Å². The molecule has 0 N–H and O–H groups in total. The van der Waals surface area contributed by atoms with Gasteiger partial charge < -0.3 is 14.4 Å². The third kappa shape index (κ3) is 3.64. The molecule has 0 radical (unpaired) electrons. The zero-order valence-electron chi connectivity index (χ0n) is 14.9. The lowest BCUT2D eigenvalue weighted by Crippen LogP contribution is -2.24. The molecule has 0 aromatic heterocycles. The van der Waals surface area contributed by atoms with Gasteiger partial charge in [-0.1, -0.05) is 48.5 Å². The summed E-state index contributed by atoms with van der Waals surface area (Å²) in [4.78, 5) is 2.25. The minimum absolute atomic E-state index is 0.235. The zero-order valence-corrected chi connectivity index (χ0v) is 14.9. The topological polar surface area (TPSA) is 21.7 Å². The number of benzene rings is 3. The summed E-state index contributed by atoms with van der Waals surface area (Å²) in [5, 5.41) is 0. The van der Waals surface area contributed by atoms with Crippen LogP contribution in [-0.4, -0.2) is 12.7 Å². The molecule has 0 aliphatic carbocycles. The zero-order chi connectivity index (χ0) is 17.8. The van der Waals surface area contributed by atoms with Crippen LogP contribution in [0.5, 0.6) is 0 Å². The highest BCUT2D eigenvalue weighted by molar-refractivity contribution is 5.76. The standard InChI is InChI=1S/C23H23NO2/c1-18-16-17-25-23(26-18)19-12-14-22(15-13-19)24(20-8-4-2-5-9-20)21-10-6-3-7-11-21/h2-15,18,23H,16-17H2,1H3. The summed E-state index contributed by atoms with van der Waals surface area (Å²) in [6, 6.07) is 29.2. The molecule has 3 aromatic rings. The van der Waals surface area contributed by atoms with Crippen molar-refractivity contribution in [2.75, 3.05) is 11.5 Å². The van der Waals surface area contributed by atoms with Crippen LogP contribution in [0.1, 0.15) is 25.2 Å². The maximum absolute atomic E-state index is 5.91. The number of rotatable bonds is 4. The second-order valence-electron chi connectivity index (χ2n) is 6.54. The Morgan fingerprint density at radius 1 is 0.731 bits per heavy atom. The number of hydrogen-bond acceptors (Lipinski definition) is 3. The third-order valence-electron chi connectivity index (χ3n) is 4.60. The van der Waals surface area contributed by atoms with Gasteiger partial charge in [0.15, 0.2) is 6.29 Å². The molecule has 2 atom stereocenters. The van der Waals surface area contributed by atoms with Gasteiger partial charge in [0.25, 0.3) is 0 Å². The van der Waals surface area contributed by atoms with E-state index in [9.17, 15) is 0 Å². The molecule has 3 aromatic carbocycles. The van der Waals surface area contributed by atoms with Crippen LogP contribution in [0.3, 0.4) is 0 Å². The molecule has 0 bridgehead atoms. The maximum Gasteiger partial charge on any atom is 0.184 e. The van der Waals surface area contributed by atoms with E-state index in [-0.39, 0.29) is 12.4 Å². The third-order valence-corrected chi connectivity index (χ3v) is 4.60. The highest BCUT2D eigenvalue weighted by Gasteiger charge is 2.21. The van der Waals surface area contributed by atoms with Gasteiger partial charge in [-0.25, -0.2) is 0 Å². The predicted molar refractivity (Wildman–Crippen MR) is 105 cm³/mol. The molecule has 1 fully saturated rings. The van der Waals surface area contributed by atoms with Crippen molar-refractivity contribution in [2.45, 2.75) is 25.7 Å². The van der Waals surface area contributed by atoms with Crippen molar-refractivity contribution >= 4 is 17.1 Å². The van der Waals surface area contributed by atoms with E-state index in [1.807, 2.05) is 12.1 Å². The first-order valence-corrected chi connectivity index (χ1v) is 9.08. The Bertz CT molecular complexity index is 778. The van der Waals surface area contributed by atoms with E-state index in [0.717, 1.165) is 35.7 Å². The Kier molecular flexibility index (Phi) is 5.00. The molecule has 3 heteroatoms. The van der Waals surface area contributed by atoms with Crippen LogP contribution in [0.15, 0.2) is 84.9 Å². The molecule has 1 heterocycles. The summed E-state index contributed by atoms with van der Waals surface area (Å²) in [5.74, 6) is 0. The van der Waals surface area contributed by atoms with Gasteiger partial charge in [0.1, 0.15) is 0 Å². The summed E-state index contributed by atoms with van der Waals surface area (Å²) >= 11 is 0. The molecule has 0 saturated carbocycles. The Labute approximate surface area is 154 Å². The first kappa shape index (κ1) is 16.8. The molecule has 4 rings (SSSR count). The van der Waals surface area contributed by atoms with E-state index in [1.54, 1.807) is 0 Å². The molecule has 1 saturated heterocycles. The molecular weight excluding hydrogens is 322 g/mol. The monoisotopic (exact) mass is 345 g/mol. The van der Waals surface area contributed by atoms with Crippen molar-refractivity contribution in [2.24, 2.45) is 0 Å². The molecule has 1 aliphatic rings. The minimum atomic E-state index is -0.269. The van der Waals surface area contributed by atoms with Crippen molar-refractivity contribution in [1.29, 1.82) is 0 Å². The van der Waals surface area contributed by atoms with Crippen LogP contribution >= 0.6 is 0 Å². The summed E-state index contributed by atoms with van der Waals surface area (Å²) < 4.78 is 11.7. The van der Waals surface area contributed by atoms with Gasteiger partial charge in [-0.05, 0) is 49.7 Å². The predicted octanol–water partition coefficient (Wildman–Crippen LogP) is 5.98. The van der Waals surface area contributed by atoms with Gasteiger partial charge in [0.2, 0.25) is 0 Å². The van der Waals surface area contributed by atoms with E-state index < -0.39 is 0 Å².